The number of ether oxygens (including phenoxy) is 1. The molecule has 0 unspecified atom stereocenters. The lowest BCUT2D eigenvalue weighted by atomic mass is 10.2. The Kier molecular flexibility index (Phi) is 4.96. The number of hydrogen-bond acceptors (Lipinski definition) is 2. The minimum absolute atomic E-state index is 0.0286. The van der Waals surface area contributed by atoms with Crippen molar-refractivity contribution in [3.63, 3.8) is 0 Å². The molecule has 1 N–H and O–H groups in total. The van der Waals surface area contributed by atoms with Crippen LogP contribution in [0.15, 0.2) is 45.3 Å². The van der Waals surface area contributed by atoms with Gasteiger partial charge >= 0.3 is 0 Å². The standard InChI is InChI=1S/C14H11Br2FO2/c15-11-2-3-13(17)10(6-11)8-19-14-4-1-9(7-18)5-12(14)16/h1-6,18H,7-8H2. The van der Waals surface area contributed by atoms with Gasteiger partial charge in [-0.1, -0.05) is 22.0 Å². The number of benzene rings is 2. The number of aliphatic hydroxyl groups is 1. The van der Waals surface area contributed by atoms with Crippen molar-refractivity contribution in [1.29, 1.82) is 0 Å². The van der Waals surface area contributed by atoms with E-state index < -0.39 is 0 Å². The summed E-state index contributed by atoms with van der Waals surface area (Å²) in [4.78, 5) is 0. The fourth-order valence-electron chi connectivity index (χ4n) is 1.57. The fraction of sp³-hybridized carbons (Fsp3) is 0.143. The van der Waals surface area contributed by atoms with Crippen LogP contribution in [-0.2, 0) is 13.2 Å². The van der Waals surface area contributed by atoms with E-state index in [-0.39, 0.29) is 19.0 Å². The Balaban J connectivity index is 2.12. The highest BCUT2D eigenvalue weighted by atomic mass is 79.9. The van der Waals surface area contributed by atoms with E-state index in [4.69, 9.17) is 9.84 Å². The molecule has 0 saturated heterocycles. The van der Waals surface area contributed by atoms with E-state index in [0.29, 0.717) is 11.3 Å². The second kappa shape index (κ2) is 6.50. The predicted molar refractivity (Wildman–Crippen MR) is 78.5 cm³/mol. The molecule has 0 radical (unpaired) electrons. The average Bonchev–Trinajstić information content (AvgIpc) is 2.40. The quantitative estimate of drug-likeness (QED) is 0.838. The van der Waals surface area contributed by atoms with Crippen LogP contribution < -0.4 is 4.74 Å². The van der Waals surface area contributed by atoms with Crippen LogP contribution in [0, 0.1) is 5.82 Å². The van der Waals surface area contributed by atoms with E-state index in [1.165, 1.54) is 6.07 Å². The van der Waals surface area contributed by atoms with Gasteiger partial charge in [-0.3, -0.25) is 0 Å². The number of aliphatic hydroxyl groups excluding tert-OH is 1. The molecular weight excluding hydrogens is 379 g/mol. The number of halogens is 3. The third-order valence-electron chi connectivity index (χ3n) is 2.57. The van der Waals surface area contributed by atoms with Gasteiger partial charge in [-0.2, -0.15) is 0 Å². The Labute approximate surface area is 127 Å². The van der Waals surface area contributed by atoms with Gasteiger partial charge in [0.1, 0.15) is 18.2 Å². The molecule has 0 aliphatic carbocycles. The molecule has 19 heavy (non-hydrogen) atoms. The largest absolute Gasteiger partial charge is 0.488 e. The third-order valence-corrected chi connectivity index (χ3v) is 3.68. The lowest BCUT2D eigenvalue weighted by Crippen LogP contribution is -1.99. The van der Waals surface area contributed by atoms with Crippen LogP contribution in [0.25, 0.3) is 0 Å². The van der Waals surface area contributed by atoms with Crippen molar-refractivity contribution in [2.45, 2.75) is 13.2 Å². The molecule has 0 heterocycles. The molecule has 0 atom stereocenters. The smallest absolute Gasteiger partial charge is 0.134 e. The molecule has 0 aliphatic heterocycles. The van der Waals surface area contributed by atoms with Gasteiger partial charge in [-0.25, -0.2) is 4.39 Å². The third kappa shape index (κ3) is 3.78. The summed E-state index contributed by atoms with van der Waals surface area (Å²) in [6.45, 7) is 0.113. The van der Waals surface area contributed by atoms with Crippen molar-refractivity contribution in [1.82, 2.24) is 0 Å². The first-order chi connectivity index (χ1) is 9.10. The Hall–Kier alpha value is -0.910. The van der Waals surface area contributed by atoms with E-state index >= 15 is 0 Å². The maximum atomic E-state index is 13.5. The van der Waals surface area contributed by atoms with Crippen LogP contribution in [0.3, 0.4) is 0 Å². The van der Waals surface area contributed by atoms with Crippen LogP contribution in [0.2, 0.25) is 0 Å². The van der Waals surface area contributed by atoms with E-state index in [0.717, 1.165) is 14.5 Å². The van der Waals surface area contributed by atoms with Crippen LogP contribution in [-0.4, -0.2) is 5.11 Å². The summed E-state index contributed by atoms with van der Waals surface area (Å²) >= 11 is 6.65. The molecule has 2 nitrogen and oxygen atoms in total. The average molecular weight is 390 g/mol. The van der Waals surface area contributed by atoms with E-state index in [1.807, 2.05) is 0 Å². The molecule has 0 aromatic heterocycles. The summed E-state index contributed by atoms with van der Waals surface area (Å²) < 4.78 is 20.7. The van der Waals surface area contributed by atoms with Crippen LogP contribution in [0.4, 0.5) is 4.39 Å². The second-order valence-corrected chi connectivity index (χ2v) is 5.72. The molecule has 0 spiro atoms. The highest BCUT2D eigenvalue weighted by Crippen LogP contribution is 2.27. The van der Waals surface area contributed by atoms with Crippen molar-refractivity contribution >= 4 is 31.9 Å². The summed E-state index contributed by atoms with van der Waals surface area (Å²) in [7, 11) is 0. The molecule has 0 saturated carbocycles. The zero-order valence-electron chi connectivity index (χ0n) is 9.87. The molecule has 2 aromatic carbocycles. The van der Waals surface area contributed by atoms with Gasteiger partial charge in [-0.05, 0) is 51.8 Å². The molecule has 5 heteroatoms. The maximum Gasteiger partial charge on any atom is 0.134 e. The first-order valence-corrected chi connectivity index (χ1v) is 7.15. The lowest BCUT2D eigenvalue weighted by Gasteiger charge is -2.10. The van der Waals surface area contributed by atoms with Crippen LogP contribution in [0.1, 0.15) is 11.1 Å². The van der Waals surface area contributed by atoms with Crippen molar-refractivity contribution in [2.75, 3.05) is 0 Å². The van der Waals surface area contributed by atoms with Crippen molar-refractivity contribution in [3.8, 4) is 5.75 Å². The normalized spacial score (nSPS) is 10.5. The summed E-state index contributed by atoms with van der Waals surface area (Å²) in [5.41, 5.74) is 1.26. The molecular formula is C14H11Br2FO2. The van der Waals surface area contributed by atoms with E-state index in [9.17, 15) is 4.39 Å². The predicted octanol–water partition coefficient (Wildman–Crippen LogP) is 4.42. The minimum atomic E-state index is -0.300. The first kappa shape index (κ1) is 14.5. The van der Waals surface area contributed by atoms with Crippen LogP contribution >= 0.6 is 31.9 Å². The van der Waals surface area contributed by atoms with Gasteiger partial charge < -0.3 is 9.84 Å². The zero-order valence-corrected chi connectivity index (χ0v) is 13.0. The Morgan fingerprint density at radius 1 is 1.11 bits per heavy atom. The molecule has 2 rings (SSSR count). The summed E-state index contributed by atoms with van der Waals surface area (Å²) in [5.74, 6) is 0.308. The van der Waals surface area contributed by atoms with Gasteiger partial charge in [0.2, 0.25) is 0 Å². The van der Waals surface area contributed by atoms with Gasteiger partial charge in [0.25, 0.3) is 0 Å². The van der Waals surface area contributed by atoms with Gasteiger partial charge in [0.15, 0.2) is 0 Å². The van der Waals surface area contributed by atoms with Crippen LogP contribution in [0.5, 0.6) is 5.75 Å². The zero-order chi connectivity index (χ0) is 13.8. The topological polar surface area (TPSA) is 29.5 Å². The highest BCUT2D eigenvalue weighted by Gasteiger charge is 2.06. The summed E-state index contributed by atoms with van der Waals surface area (Å²) in [5, 5.41) is 9.01. The van der Waals surface area contributed by atoms with E-state index in [1.54, 1.807) is 30.3 Å². The number of rotatable bonds is 4. The van der Waals surface area contributed by atoms with Crippen molar-refractivity contribution in [2.24, 2.45) is 0 Å². The summed E-state index contributed by atoms with van der Waals surface area (Å²) in [6, 6.07) is 10.00. The number of hydrogen-bond donors (Lipinski definition) is 1. The van der Waals surface area contributed by atoms with E-state index in [2.05, 4.69) is 31.9 Å². The Morgan fingerprint density at radius 3 is 2.58 bits per heavy atom. The molecule has 0 aliphatic rings. The Bertz CT molecular complexity index is 588. The molecule has 0 fully saturated rings. The highest BCUT2D eigenvalue weighted by molar-refractivity contribution is 9.10. The molecule has 0 amide bonds. The second-order valence-electron chi connectivity index (χ2n) is 3.95. The Morgan fingerprint density at radius 2 is 1.89 bits per heavy atom. The fourth-order valence-corrected chi connectivity index (χ4v) is 2.52. The van der Waals surface area contributed by atoms with Gasteiger partial charge in [0, 0.05) is 10.0 Å². The van der Waals surface area contributed by atoms with Gasteiger partial charge in [-0.15, -0.1) is 0 Å². The van der Waals surface area contributed by atoms with Gasteiger partial charge in [0.05, 0.1) is 11.1 Å². The molecule has 100 valence electrons. The SMILES string of the molecule is OCc1ccc(OCc2cc(Br)ccc2F)c(Br)c1. The molecule has 2 aromatic rings. The minimum Gasteiger partial charge on any atom is -0.488 e. The van der Waals surface area contributed by atoms with Crippen molar-refractivity contribution in [3.05, 3.63) is 62.3 Å². The lowest BCUT2D eigenvalue weighted by molar-refractivity contribution is 0.280. The summed E-state index contributed by atoms with van der Waals surface area (Å²) in [6.07, 6.45) is 0. The first-order valence-electron chi connectivity index (χ1n) is 5.56. The monoisotopic (exact) mass is 388 g/mol. The molecule has 0 bridgehead atoms. The maximum absolute atomic E-state index is 13.5. The van der Waals surface area contributed by atoms with Crippen molar-refractivity contribution < 1.29 is 14.2 Å².